The number of nitrogens with zero attached hydrogens (tertiary/aromatic N) is 1. The van der Waals surface area contributed by atoms with Gasteiger partial charge in [0.2, 0.25) is 5.91 Å². The summed E-state index contributed by atoms with van der Waals surface area (Å²) in [5.74, 6) is -0.510. The van der Waals surface area contributed by atoms with Gasteiger partial charge >= 0.3 is 5.97 Å². The number of esters is 1. The highest BCUT2D eigenvalue weighted by Gasteiger charge is 2.10. The Bertz CT molecular complexity index is 986. The average Bonchev–Trinajstić information content (AvgIpc) is 2.87. The van der Waals surface area contributed by atoms with Gasteiger partial charge in [0, 0.05) is 6.42 Å². The molecule has 2 amide bonds. The molecule has 0 bridgehead atoms. The summed E-state index contributed by atoms with van der Waals surface area (Å²) in [5, 5.41) is 6.53. The molecular formula is C29H39N3O4. The largest absolute Gasteiger partial charge is 0.423 e. The summed E-state index contributed by atoms with van der Waals surface area (Å²) in [6.45, 7) is 3.97. The standard InChI is InChI=1S/C29H39N3O4/c1-3-4-5-6-7-8-9-10-11-16-27(33)30-22-28(34)32-31-21-24-17-19-25(20-18-24)36-29(35)26-15-13-12-14-23(26)2/h12-15,17-21H,3-11,16,22H2,1-2H3,(H,30,33)(H,32,34)/b31-21+. The Hall–Kier alpha value is -3.48. The van der Waals surface area contributed by atoms with E-state index in [1.54, 1.807) is 36.4 Å². The number of amides is 2. The van der Waals surface area contributed by atoms with Crippen molar-refractivity contribution in [1.29, 1.82) is 0 Å². The first-order valence-corrected chi connectivity index (χ1v) is 13.0. The van der Waals surface area contributed by atoms with E-state index in [-0.39, 0.29) is 12.5 Å². The average molecular weight is 494 g/mol. The molecule has 2 aromatic carbocycles. The van der Waals surface area contributed by atoms with Crippen molar-refractivity contribution in [2.45, 2.75) is 78.1 Å². The van der Waals surface area contributed by atoms with Crippen molar-refractivity contribution in [3.63, 3.8) is 0 Å². The highest BCUT2D eigenvalue weighted by Crippen LogP contribution is 2.15. The van der Waals surface area contributed by atoms with Crippen molar-refractivity contribution in [1.82, 2.24) is 10.7 Å². The fourth-order valence-corrected chi connectivity index (χ4v) is 3.67. The molecule has 194 valence electrons. The molecule has 7 heteroatoms. The first kappa shape index (κ1) is 28.8. The maximum atomic E-state index is 12.3. The molecule has 0 aliphatic carbocycles. The number of hydrazone groups is 1. The molecule has 0 unspecified atom stereocenters. The number of hydrogen-bond acceptors (Lipinski definition) is 5. The molecule has 0 aliphatic heterocycles. The molecule has 0 heterocycles. The van der Waals surface area contributed by atoms with Crippen molar-refractivity contribution in [3.8, 4) is 5.75 Å². The Balaban J connectivity index is 1.59. The van der Waals surface area contributed by atoms with Crippen LogP contribution in [0.3, 0.4) is 0 Å². The zero-order valence-corrected chi connectivity index (χ0v) is 21.6. The maximum Gasteiger partial charge on any atom is 0.343 e. The van der Waals surface area contributed by atoms with Crippen LogP contribution in [0.15, 0.2) is 53.6 Å². The van der Waals surface area contributed by atoms with Crippen LogP contribution in [0, 0.1) is 6.92 Å². The van der Waals surface area contributed by atoms with Crippen molar-refractivity contribution >= 4 is 24.0 Å². The minimum atomic E-state index is -0.415. The van der Waals surface area contributed by atoms with Gasteiger partial charge in [0.1, 0.15) is 5.75 Å². The SMILES string of the molecule is CCCCCCCCCCCC(=O)NCC(=O)N/N=C/c1ccc(OC(=O)c2ccccc2C)cc1. The zero-order chi connectivity index (χ0) is 26.0. The van der Waals surface area contributed by atoms with Crippen LogP contribution >= 0.6 is 0 Å². The fourth-order valence-electron chi connectivity index (χ4n) is 3.67. The van der Waals surface area contributed by atoms with E-state index in [0.29, 0.717) is 17.7 Å². The first-order chi connectivity index (χ1) is 17.5. The van der Waals surface area contributed by atoms with Gasteiger partial charge in [-0.1, -0.05) is 76.5 Å². The molecule has 0 saturated carbocycles. The van der Waals surface area contributed by atoms with E-state index in [0.717, 1.165) is 30.4 Å². The molecule has 0 atom stereocenters. The summed E-state index contributed by atoms with van der Waals surface area (Å²) < 4.78 is 5.40. The predicted molar refractivity (Wildman–Crippen MR) is 143 cm³/mol. The molecule has 7 nitrogen and oxygen atoms in total. The third-order valence-corrected chi connectivity index (χ3v) is 5.81. The Morgan fingerprint density at radius 2 is 1.47 bits per heavy atom. The second-order valence-corrected chi connectivity index (χ2v) is 8.92. The lowest BCUT2D eigenvalue weighted by molar-refractivity contribution is -0.126. The van der Waals surface area contributed by atoms with E-state index in [1.807, 2.05) is 19.1 Å². The van der Waals surface area contributed by atoms with Crippen molar-refractivity contribution in [2.24, 2.45) is 5.10 Å². The fraction of sp³-hybridized carbons (Fsp3) is 0.448. The summed E-state index contributed by atoms with van der Waals surface area (Å²) in [7, 11) is 0. The van der Waals surface area contributed by atoms with Gasteiger partial charge in [-0.25, -0.2) is 10.2 Å². The van der Waals surface area contributed by atoms with E-state index in [2.05, 4.69) is 22.8 Å². The molecule has 36 heavy (non-hydrogen) atoms. The van der Waals surface area contributed by atoms with Gasteiger partial charge in [0.05, 0.1) is 18.3 Å². The van der Waals surface area contributed by atoms with Gasteiger partial charge in [0.25, 0.3) is 5.91 Å². The van der Waals surface area contributed by atoms with E-state index in [1.165, 1.54) is 44.7 Å². The number of rotatable bonds is 16. The summed E-state index contributed by atoms with van der Waals surface area (Å²) in [6, 6.07) is 14.0. The molecule has 0 fully saturated rings. The van der Waals surface area contributed by atoms with Crippen LogP contribution in [-0.4, -0.2) is 30.5 Å². The third-order valence-electron chi connectivity index (χ3n) is 5.81. The van der Waals surface area contributed by atoms with E-state index in [4.69, 9.17) is 4.74 Å². The van der Waals surface area contributed by atoms with Gasteiger partial charge in [-0.2, -0.15) is 5.10 Å². The van der Waals surface area contributed by atoms with Gasteiger partial charge < -0.3 is 10.1 Å². The van der Waals surface area contributed by atoms with E-state index in [9.17, 15) is 14.4 Å². The van der Waals surface area contributed by atoms with Crippen molar-refractivity contribution in [3.05, 3.63) is 65.2 Å². The minimum Gasteiger partial charge on any atom is -0.423 e. The molecule has 2 aromatic rings. The Kier molecular flexibility index (Phi) is 13.6. The summed E-state index contributed by atoms with van der Waals surface area (Å²) in [4.78, 5) is 36.1. The highest BCUT2D eigenvalue weighted by molar-refractivity contribution is 5.92. The van der Waals surface area contributed by atoms with Crippen LogP contribution < -0.4 is 15.5 Å². The summed E-state index contributed by atoms with van der Waals surface area (Å²) in [5.41, 5.74) is 4.49. The zero-order valence-electron chi connectivity index (χ0n) is 21.6. The minimum absolute atomic E-state index is 0.110. The first-order valence-electron chi connectivity index (χ1n) is 13.0. The van der Waals surface area contributed by atoms with Crippen LogP contribution in [-0.2, 0) is 9.59 Å². The number of ether oxygens (including phenoxy) is 1. The lowest BCUT2D eigenvalue weighted by atomic mass is 10.1. The lowest BCUT2D eigenvalue weighted by Gasteiger charge is -2.06. The molecule has 0 spiro atoms. The van der Waals surface area contributed by atoms with Crippen molar-refractivity contribution in [2.75, 3.05) is 6.54 Å². The van der Waals surface area contributed by atoms with E-state index >= 15 is 0 Å². The Morgan fingerprint density at radius 3 is 2.14 bits per heavy atom. The number of carbonyl (C=O) groups excluding carboxylic acids is 3. The summed E-state index contributed by atoms with van der Waals surface area (Å²) >= 11 is 0. The molecule has 0 aliphatic rings. The monoisotopic (exact) mass is 493 g/mol. The number of unbranched alkanes of at least 4 members (excludes halogenated alkanes) is 8. The number of benzene rings is 2. The van der Waals surface area contributed by atoms with Crippen LogP contribution in [0.5, 0.6) is 5.75 Å². The van der Waals surface area contributed by atoms with Crippen LogP contribution in [0.25, 0.3) is 0 Å². The number of hydrogen-bond donors (Lipinski definition) is 2. The maximum absolute atomic E-state index is 12.3. The second-order valence-electron chi connectivity index (χ2n) is 8.92. The highest BCUT2D eigenvalue weighted by atomic mass is 16.5. The molecule has 2 rings (SSSR count). The smallest absolute Gasteiger partial charge is 0.343 e. The van der Waals surface area contributed by atoms with E-state index < -0.39 is 11.9 Å². The van der Waals surface area contributed by atoms with Gasteiger partial charge in [0.15, 0.2) is 0 Å². The second kappa shape index (κ2) is 17.0. The molecule has 0 aromatic heterocycles. The van der Waals surface area contributed by atoms with Crippen LogP contribution in [0.1, 0.15) is 92.6 Å². The summed E-state index contributed by atoms with van der Waals surface area (Å²) in [6.07, 6.45) is 12.7. The Morgan fingerprint density at radius 1 is 0.833 bits per heavy atom. The number of nitrogens with one attached hydrogen (secondary N) is 2. The Labute approximate surface area is 214 Å². The number of carbonyl (C=O) groups is 3. The lowest BCUT2D eigenvalue weighted by Crippen LogP contribution is -2.34. The van der Waals surface area contributed by atoms with Crippen molar-refractivity contribution < 1.29 is 19.1 Å². The van der Waals surface area contributed by atoms with Gasteiger partial charge in [-0.05, 0) is 54.8 Å². The normalized spacial score (nSPS) is 10.8. The molecule has 0 radical (unpaired) electrons. The van der Waals surface area contributed by atoms with Crippen LogP contribution in [0.2, 0.25) is 0 Å². The third kappa shape index (κ3) is 11.8. The van der Waals surface area contributed by atoms with Gasteiger partial charge in [-0.15, -0.1) is 0 Å². The quantitative estimate of drug-likeness (QED) is 0.103. The molecular weight excluding hydrogens is 454 g/mol. The van der Waals surface area contributed by atoms with Crippen LogP contribution in [0.4, 0.5) is 0 Å². The topological polar surface area (TPSA) is 96.9 Å². The molecule has 2 N–H and O–H groups in total. The molecule has 0 saturated heterocycles. The number of aryl methyl sites for hydroxylation is 1. The van der Waals surface area contributed by atoms with Gasteiger partial charge in [-0.3, -0.25) is 9.59 Å². The predicted octanol–water partition coefficient (Wildman–Crippen LogP) is 5.70.